The van der Waals surface area contributed by atoms with E-state index in [1.165, 1.54) is 11.1 Å². The molecule has 1 aliphatic heterocycles. The lowest BCUT2D eigenvalue weighted by Crippen LogP contribution is -2.53. The molecule has 4 atom stereocenters. The molecular weight excluding hydrogens is 510 g/mol. The van der Waals surface area contributed by atoms with E-state index in [0.29, 0.717) is 24.5 Å². The van der Waals surface area contributed by atoms with Crippen LogP contribution in [0.3, 0.4) is 0 Å². The van der Waals surface area contributed by atoms with Gasteiger partial charge in [0.05, 0.1) is 24.0 Å². The van der Waals surface area contributed by atoms with Crippen LogP contribution in [0.15, 0.2) is 49.1 Å². The van der Waals surface area contributed by atoms with E-state index in [9.17, 15) is 9.90 Å². The number of aliphatic hydroxyl groups excluding tert-OH is 1. The second-order valence-electron chi connectivity index (χ2n) is 13.1. The van der Waals surface area contributed by atoms with Crippen molar-refractivity contribution in [3.63, 3.8) is 0 Å². The summed E-state index contributed by atoms with van der Waals surface area (Å²) in [7, 11) is 0. The predicted octanol–water partition coefficient (Wildman–Crippen LogP) is 7.12. The average Bonchev–Trinajstić information content (AvgIpc) is 3.02. The Morgan fingerprint density at radius 3 is 2.77 bits per heavy atom. The number of nitrogens with zero attached hydrogens (tertiary/aromatic N) is 1. The number of esters is 1. The first-order valence-corrected chi connectivity index (χ1v) is 14.6. The maximum absolute atomic E-state index is 13.0. The fourth-order valence-corrected chi connectivity index (χ4v) is 7.01. The SMILES string of the molecule is C=CC[C@H](O)[C@]1(C)CC[C@@H]1CN1C[C@@]2(CCCc3cc(Cl)ccc32)COc2ccc(C(=O)OC(C)(C)C)cc21. The fraction of sp³-hybridized carbons (Fsp3) is 0.545. The maximum Gasteiger partial charge on any atom is 0.338 e. The summed E-state index contributed by atoms with van der Waals surface area (Å²) in [6, 6.07) is 11.9. The number of aliphatic hydroxyl groups is 1. The van der Waals surface area contributed by atoms with Crippen LogP contribution in [0, 0.1) is 11.3 Å². The van der Waals surface area contributed by atoms with Gasteiger partial charge < -0.3 is 19.5 Å². The van der Waals surface area contributed by atoms with Gasteiger partial charge in [0.2, 0.25) is 0 Å². The molecule has 2 aliphatic carbocycles. The first-order chi connectivity index (χ1) is 18.4. The van der Waals surface area contributed by atoms with Gasteiger partial charge in [-0.25, -0.2) is 4.79 Å². The van der Waals surface area contributed by atoms with Crippen LogP contribution in [0.4, 0.5) is 5.69 Å². The third-order valence-corrected chi connectivity index (χ3v) is 9.46. The summed E-state index contributed by atoms with van der Waals surface area (Å²) in [5, 5.41) is 11.8. The normalized spacial score (nSPS) is 26.9. The average molecular weight is 552 g/mol. The highest BCUT2D eigenvalue weighted by molar-refractivity contribution is 6.30. The molecule has 0 radical (unpaired) electrons. The van der Waals surface area contributed by atoms with Crippen molar-refractivity contribution < 1.29 is 19.4 Å². The van der Waals surface area contributed by atoms with Crippen LogP contribution in [0.5, 0.6) is 5.75 Å². The van der Waals surface area contributed by atoms with E-state index < -0.39 is 11.7 Å². The lowest BCUT2D eigenvalue weighted by Gasteiger charge is -2.52. The molecule has 0 unspecified atom stereocenters. The van der Waals surface area contributed by atoms with Gasteiger partial charge in [-0.15, -0.1) is 6.58 Å². The van der Waals surface area contributed by atoms with Crippen LogP contribution in [-0.2, 0) is 16.6 Å². The van der Waals surface area contributed by atoms with Crippen LogP contribution in [0.1, 0.15) is 81.3 Å². The molecule has 0 aromatic heterocycles. The summed E-state index contributed by atoms with van der Waals surface area (Å²) in [6.45, 7) is 13.8. The third kappa shape index (κ3) is 5.45. The molecule has 0 saturated heterocycles. The highest BCUT2D eigenvalue weighted by Crippen LogP contribution is 2.52. The molecule has 1 fully saturated rings. The smallest absolute Gasteiger partial charge is 0.338 e. The molecule has 210 valence electrons. The first-order valence-electron chi connectivity index (χ1n) is 14.3. The molecule has 2 aromatic carbocycles. The number of carbonyl (C=O) groups excluding carboxylic acids is 1. The molecule has 0 amide bonds. The minimum absolute atomic E-state index is 0.171. The number of hydrogen-bond acceptors (Lipinski definition) is 5. The van der Waals surface area contributed by atoms with Crippen molar-refractivity contribution in [1.29, 1.82) is 0 Å². The molecule has 39 heavy (non-hydrogen) atoms. The van der Waals surface area contributed by atoms with Crippen LogP contribution < -0.4 is 9.64 Å². The molecule has 5 rings (SSSR count). The van der Waals surface area contributed by atoms with E-state index in [2.05, 4.69) is 30.5 Å². The summed E-state index contributed by atoms with van der Waals surface area (Å²) in [4.78, 5) is 15.5. The Balaban J connectivity index is 1.54. The number of ether oxygens (including phenoxy) is 2. The highest BCUT2D eigenvalue weighted by Gasteiger charge is 2.49. The molecule has 1 N–H and O–H groups in total. The quantitative estimate of drug-likeness (QED) is 0.306. The Morgan fingerprint density at radius 1 is 1.28 bits per heavy atom. The van der Waals surface area contributed by atoms with E-state index in [4.69, 9.17) is 21.1 Å². The van der Waals surface area contributed by atoms with E-state index in [-0.39, 0.29) is 16.8 Å². The molecule has 0 bridgehead atoms. The van der Waals surface area contributed by atoms with Crippen LogP contribution in [0.2, 0.25) is 5.02 Å². The van der Waals surface area contributed by atoms with Gasteiger partial charge in [0.15, 0.2) is 0 Å². The van der Waals surface area contributed by atoms with Crippen molar-refractivity contribution in [2.24, 2.45) is 11.3 Å². The summed E-state index contributed by atoms with van der Waals surface area (Å²) in [6.07, 6.45) is 7.14. The Labute approximate surface area is 238 Å². The minimum Gasteiger partial charge on any atom is -0.490 e. The van der Waals surface area contributed by atoms with Crippen LogP contribution in [-0.4, -0.2) is 42.5 Å². The lowest BCUT2D eigenvalue weighted by atomic mass is 9.57. The summed E-state index contributed by atoms with van der Waals surface area (Å²) >= 11 is 6.40. The van der Waals surface area contributed by atoms with Crippen molar-refractivity contribution in [3.8, 4) is 5.75 Å². The van der Waals surface area contributed by atoms with Gasteiger partial charge in [0.25, 0.3) is 0 Å². The largest absolute Gasteiger partial charge is 0.490 e. The van der Waals surface area contributed by atoms with E-state index in [0.717, 1.165) is 61.7 Å². The van der Waals surface area contributed by atoms with Gasteiger partial charge in [-0.3, -0.25) is 0 Å². The van der Waals surface area contributed by atoms with Gasteiger partial charge in [-0.2, -0.15) is 0 Å². The zero-order valence-corrected chi connectivity index (χ0v) is 24.5. The molecular formula is C33H42ClNO4. The van der Waals surface area contributed by atoms with Gasteiger partial charge in [-0.1, -0.05) is 30.7 Å². The molecule has 6 heteroatoms. The standard InChI is InChI=1S/C33H42ClNO4/c1-6-8-29(36)32(5)16-14-24(32)19-35-20-33(15-7-9-22-17-25(34)11-12-26(22)33)21-38-28-13-10-23(18-27(28)35)30(37)39-31(2,3)4/h6,10-13,17-18,24,29,36H,1,7-9,14-16,19-21H2,2-5H3/t24-,29+,32-,33+/m1/s1. The van der Waals surface area contributed by atoms with Crippen molar-refractivity contribution in [2.75, 3.05) is 24.6 Å². The topological polar surface area (TPSA) is 59.0 Å². The van der Waals surface area contributed by atoms with Crippen LogP contribution in [0.25, 0.3) is 0 Å². The molecule has 1 spiro atoms. The monoisotopic (exact) mass is 551 g/mol. The number of aryl methyl sites for hydroxylation is 1. The number of halogens is 1. The van der Waals surface area contributed by atoms with Gasteiger partial charge in [0.1, 0.15) is 11.4 Å². The fourth-order valence-electron chi connectivity index (χ4n) is 6.81. The van der Waals surface area contributed by atoms with Gasteiger partial charge >= 0.3 is 5.97 Å². The third-order valence-electron chi connectivity index (χ3n) is 9.23. The number of anilines is 1. The van der Waals surface area contributed by atoms with E-state index in [1.807, 2.05) is 45.0 Å². The van der Waals surface area contributed by atoms with E-state index >= 15 is 0 Å². The summed E-state index contributed by atoms with van der Waals surface area (Å²) < 4.78 is 12.3. The van der Waals surface area contributed by atoms with Crippen molar-refractivity contribution in [1.82, 2.24) is 0 Å². The Bertz CT molecular complexity index is 1250. The zero-order chi connectivity index (χ0) is 28.0. The number of carbonyl (C=O) groups is 1. The van der Waals surface area contributed by atoms with Crippen molar-refractivity contribution in [3.05, 3.63) is 70.8 Å². The van der Waals surface area contributed by atoms with E-state index in [1.54, 1.807) is 6.07 Å². The molecule has 3 aliphatic rings. The van der Waals surface area contributed by atoms with Crippen molar-refractivity contribution in [2.45, 2.75) is 83.3 Å². The Kier molecular flexibility index (Phi) is 7.54. The molecule has 1 saturated carbocycles. The Morgan fingerprint density at radius 2 is 2.08 bits per heavy atom. The zero-order valence-electron chi connectivity index (χ0n) is 23.8. The summed E-state index contributed by atoms with van der Waals surface area (Å²) in [5.41, 5.74) is 3.11. The predicted molar refractivity (Wildman–Crippen MR) is 157 cm³/mol. The number of fused-ring (bicyclic) bond motifs is 3. The molecule has 2 aromatic rings. The van der Waals surface area contributed by atoms with Crippen molar-refractivity contribution >= 4 is 23.3 Å². The maximum atomic E-state index is 13.0. The second kappa shape index (κ2) is 10.5. The second-order valence-corrected chi connectivity index (χ2v) is 13.5. The summed E-state index contributed by atoms with van der Waals surface area (Å²) in [5.74, 6) is 0.763. The van der Waals surface area contributed by atoms with Gasteiger partial charge in [-0.05, 0) is 112 Å². The van der Waals surface area contributed by atoms with Crippen LogP contribution >= 0.6 is 11.6 Å². The first kappa shape index (κ1) is 28.0. The highest BCUT2D eigenvalue weighted by atomic mass is 35.5. The number of hydrogen-bond donors (Lipinski definition) is 1. The Hall–Kier alpha value is -2.50. The lowest BCUT2D eigenvalue weighted by molar-refractivity contribution is -0.0695. The van der Waals surface area contributed by atoms with Gasteiger partial charge in [0, 0.05) is 23.5 Å². The number of benzene rings is 2. The number of rotatable bonds is 6. The minimum atomic E-state index is -0.577. The molecule has 1 heterocycles. The molecule has 5 nitrogen and oxygen atoms in total.